The molecule has 0 radical (unpaired) electrons. The van der Waals surface area contributed by atoms with Crippen LogP contribution in [0.25, 0.3) is 10.6 Å². The number of thiazole rings is 1. The monoisotopic (exact) mass is 412 g/mol. The van der Waals surface area contributed by atoms with Crippen molar-refractivity contribution in [3.63, 3.8) is 0 Å². The molecule has 0 N–H and O–H groups in total. The summed E-state index contributed by atoms with van der Waals surface area (Å²) >= 11 is 1.64. The standard InChI is InChI=1S/C20H17N2OS.BrH/c1-14-8-10-16(11-9-14)19(23)18-12-21(17-6-4-3-5-7-17)20-22(18)15(2)13-24-20;/h3-13H,1-2H3;1H/q+1;/p-1. The van der Waals surface area contributed by atoms with E-state index in [4.69, 9.17) is 0 Å². The molecule has 5 heteroatoms. The molecule has 0 spiro atoms. The number of aromatic nitrogens is 2. The van der Waals surface area contributed by atoms with Crippen molar-refractivity contribution in [2.75, 3.05) is 0 Å². The molecule has 126 valence electrons. The fourth-order valence-corrected chi connectivity index (χ4v) is 3.87. The first-order chi connectivity index (χ1) is 11.6. The number of imidazole rings is 1. The van der Waals surface area contributed by atoms with Crippen molar-refractivity contribution in [2.45, 2.75) is 13.8 Å². The summed E-state index contributed by atoms with van der Waals surface area (Å²) in [5.41, 5.74) is 4.68. The molecule has 4 aromatic rings. The van der Waals surface area contributed by atoms with Crippen molar-refractivity contribution in [3.8, 4) is 5.69 Å². The lowest BCUT2D eigenvalue weighted by Gasteiger charge is -1.98. The van der Waals surface area contributed by atoms with Crippen LogP contribution in [-0.4, -0.2) is 10.2 Å². The van der Waals surface area contributed by atoms with E-state index in [0.29, 0.717) is 11.3 Å². The third-order valence-electron chi connectivity index (χ3n) is 4.16. The molecule has 0 unspecified atom stereocenters. The second-order valence-electron chi connectivity index (χ2n) is 5.91. The van der Waals surface area contributed by atoms with Crippen LogP contribution in [0.1, 0.15) is 27.3 Å². The molecule has 0 saturated heterocycles. The van der Waals surface area contributed by atoms with Crippen molar-refractivity contribution in [2.24, 2.45) is 0 Å². The van der Waals surface area contributed by atoms with Crippen molar-refractivity contribution in [1.82, 2.24) is 4.40 Å². The first-order valence-electron chi connectivity index (χ1n) is 7.83. The number of hydrogen-bond donors (Lipinski definition) is 0. The molecule has 0 aliphatic carbocycles. The van der Waals surface area contributed by atoms with Gasteiger partial charge in [0.1, 0.15) is 17.6 Å². The minimum absolute atomic E-state index is 0. The summed E-state index contributed by atoms with van der Waals surface area (Å²) in [6.07, 6.45) is 1.94. The van der Waals surface area contributed by atoms with E-state index >= 15 is 0 Å². The van der Waals surface area contributed by atoms with E-state index in [9.17, 15) is 4.79 Å². The predicted molar refractivity (Wildman–Crippen MR) is 96.2 cm³/mol. The molecule has 2 aromatic carbocycles. The summed E-state index contributed by atoms with van der Waals surface area (Å²) in [4.78, 5) is 14.1. The Labute approximate surface area is 161 Å². The van der Waals surface area contributed by atoms with Gasteiger partial charge in [0.15, 0.2) is 0 Å². The summed E-state index contributed by atoms with van der Waals surface area (Å²) in [5.74, 6) is 0.0428. The number of fused-ring (bicyclic) bond motifs is 1. The summed E-state index contributed by atoms with van der Waals surface area (Å²) < 4.78 is 4.12. The van der Waals surface area contributed by atoms with Gasteiger partial charge in [-0.05, 0) is 26.0 Å². The van der Waals surface area contributed by atoms with Gasteiger partial charge < -0.3 is 17.0 Å². The highest BCUT2D eigenvalue weighted by Crippen LogP contribution is 2.20. The number of benzene rings is 2. The van der Waals surface area contributed by atoms with Gasteiger partial charge in [-0.1, -0.05) is 59.4 Å². The smallest absolute Gasteiger partial charge is 0.351 e. The Bertz CT molecular complexity index is 1030. The number of para-hydroxylation sites is 1. The van der Waals surface area contributed by atoms with E-state index in [1.807, 2.05) is 66.9 Å². The highest BCUT2D eigenvalue weighted by molar-refractivity contribution is 7.14. The molecule has 2 heterocycles. The van der Waals surface area contributed by atoms with E-state index in [2.05, 4.69) is 22.1 Å². The number of carbonyl (C=O) groups excluding carboxylic acids is 1. The lowest BCUT2D eigenvalue weighted by molar-refractivity contribution is -0.564. The van der Waals surface area contributed by atoms with Crippen LogP contribution in [0.4, 0.5) is 0 Å². The van der Waals surface area contributed by atoms with Gasteiger partial charge in [0.2, 0.25) is 11.5 Å². The van der Waals surface area contributed by atoms with Gasteiger partial charge in [0, 0.05) is 10.9 Å². The number of carbonyl (C=O) groups is 1. The van der Waals surface area contributed by atoms with Gasteiger partial charge >= 0.3 is 4.96 Å². The fraction of sp³-hybridized carbons (Fsp3) is 0.100. The van der Waals surface area contributed by atoms with Crippen LogP contribution < -0.4 is 21.5 Å². The largest absolute Gasteiger partial charge is 1.00 e. The summed E-state index contributed by atoms with van der Waals surface area (Å²) in [6.45, 7) is 4.06. The maximum Gasteiger partial charge on any atom is 0.351 e. The normalized spacial score (nSPS) is 10.6. The third kappa shape index (κ3) is 3.05. The Hall–Kier alpha value is -2.24. The van der Waals surface area contributed by atoms with Gasteiger partial charge in [-0.15, -0.1) is 0 Å². The van der Waals surface area contributed by atoms with E-state index in [-0.39, 0.29) is 22.8 Å². The maximum atomic E-state index is 13.0. The van der Waals surface area contributed by atoms with E-state index < -0.39 is 0 Å². The van der Waals surface area contributed by atoms with E-state index in [0.717, 1.165) is 21.9 Å². The van der Waals surface area contributed by atoms with Crippen LogP contribution in [-0.2, 0) is 0 Å². The maximum absolute atomic E-state index is 13.0. The van der Waals surface area contributed by atoms with Gasteiger partial charge in [-0.3, -0.25) is 4.79 Å². The molecule has 3 nitrogen and oxygen atoms in total. The molecule has 25 heavy (non-hydrogen) atoms. The lowest BCUT2D eigenvalue weighted by atomic mass is 10.1. The highest BCUT2D eigenvalue weighted by Gasteiger charge is 2.27. The van der Waals surface area contributed by atoms with Crippen LogP contribution in [0, 0.1) is 13.8 Å². The number of nitrogens with zero attached hydrogens (tertiary/aromatic N) is 2. The van der Waals surface area contributed by atoms with Gasteiger partial charge in [0.05, 0.1) is 0 Å². The van der Waals surface area contributed by atoms with Crippen molar-refractivity contribution in [1.29, 1.82) is 0 Å². The van der Waals surface area contributed by atoms with Crippen LogP contribution in [0.2, 0.25) is 0 Å². The van der Waals surface area contributed by atoms with E-state index in [1.54, 1.807) is 11.3 Å². The average molecular weight is 413 g/mol. The molecule has 0 bridgehead atoms. The highest BCUT2D eigenvalue weighted by atomic mass is 79.9. The molecular formula is C20H17BrN2OS. The molecule has 0 amide bonds. The second-order valence-corrected chi connectivity index (χ2v) is 6.75. The average Bonchev–Trinajstić information content (AvgIpc) is 3.17. The Morgan fingerprint density at radius 2 is 1.68 bits per heavy atom. The molecular weight excluding hydrogens is 396 g/mol. The topological polar surface area (TPSA) is 25.4 Å². The first kappa shape index (κ1) is 17.6. The SMILES string of the molecule is Cc1ccc(C(=O)c2c[n+](-c3ccccc3)c3scc(C)n23)cc1.[Br-]. The molecule has 0 saturated carbocycles. The first-order valence-corrected chi connectivity index (χ1v) is 8.71. The number of hydrogen-bond acceptors (Lipinski definition) is 2. The lowest BCUT2D eigenvalue weighted by Crippen LogP contribution is -3.00. The van der Waals surface area contributed by atoms with Crippen LogP contribution in [0.15, 0.2) is 66.2 Å². The Morgan fingerprint density at radius 3 is 2.36 bits per heavy atom. The Morgan fingerprint density at radius 1 is 1.00 bits per heavy atom. The second kappa shape index (κ2) is 6.94. The Kier molecular flexibility index (Phi) is 4.88. The summed E-state index contributed by atoms with van der Waals surface area (Å²) in [6, 6.07) is 17.9. The number of aryl methyl sites for hydroxylation is 2. The third-order valence-corrected chi connectivity index (χ3v) is 5.21. The molecule has 0 atom stereocenters. The van der Waals surface area contributed by atoms with E-state index in [1.165, 1.54) is 0 Å². The predicted octanol–water partition coefficient (Wildman–Crippen LogP) is 1.13. The van der Waals surface area contributed by atoms with Gasteiger partial charge in [-0.2, -0.15) is 8.97 Å². The minimum atomic E-state index is 0. The van der Waals surface area contributed by atoms with Gasteiger partial charge in [0.25, 0.3) is 0 Å². The van der Waals surface area contributed by atoms with Crippen LogP contribution in [0.5, 0.6) is 0 Å². The molecule has 2 aromatic heterocycles. The quantitative estimate of drug-likeness (QED) is 0.365. The summed E-state index contributed by atoms with van der Waals surface area (Å²) in [7, 11) is 0. The number of halogens is 1. The molecule has 0 aliphatic rings. The molecule has 4 rings (SSSR count). The number of ketones is 1. The van der Waals surface area contributed by atoms with Crippen LogP contribution in [0.3, 0.4) is 0 Å². The van der Waals surface area contributed by atoms with Gasteiger partial charge in [-0.25, -0.2) is 0 Å². The summed E-state index contributed by atoms with van der Waals surface area (Å²) in [5, 5.41) is 2.08. The minimum Gasteiger partial charge on any atom is -1.00 e. The molecule has 0 fully saturated rings. The van der Waals surface area contributed by atoms with Crippen molar-refractivity contribution >= 4 is 22.1 Å². The fourth-order valence-electron chi connectivity index (χ4n) is 2.87. The Balaban J connectivity index is 0.00000182. The zero-order chi connectivity index (χ0) is 16.7. The van der Waals surface area contributed by atoms with Crippen LogP contribution >= 0.6 is 11.3 Å². The zero-order valence-corrected chi connectivity index (χ0v) is 16.3. The van der Waals surface area contributed by atoms with Crippen molar-refractivity contribution in [3.05, 3.63) is 88.7 Å². The zero-order valence-electron chi connectivity index (χ0n) is 13.9. The van der Waals surface area contributed by atoms with Crippen molar-refractivity contribution < 1.29 is 26.3 Å². The molecule has 0 aliphatic heterocycles. The number of rotatable bonds is 3.